The Hall–Kier alpha value is -4.02. The van der Waals surface area contributed by atoms with Crippen molar-refractivity contribution in [3.8, 4) is 10.4 Å². The van der Waals surface area contributed by atoms with Crippen LogP contribution in [0.1, 0.15) is 15.2 Å². The number of amides is 1. The molecule has 1 amide bonds. The number of hydrogen-bond acceptors (Lipinski definition) is 6. The van der Waals surface area contributed by atoms with Crippen LogP contribution in [0.2, 0.25) is 0 Å². The maximum Gasteiger partial charge on any atom is 0.330 e. The zero-order valence-electron chi connectivity index (χ0n) is 18.9. The van der Waals surface area contributed by atoms with E-state index in [1.165, 1.54) is 40.0 Å². The quantitative estimate of drug-likeness (QED) is 0.390. The van der Waals surface area contributed by atoms with Crippen molar-refractivity contribution in [2.45, 2.75) is 6.54 Å². The van der Waals surface area contributed by atoms with Gasteiger partial charge >= 0.3 is 5.69 Å². The van der Waals surface area contributed by atoms with Gasteiger partial charge in [0.25, 0.3) is 11.5 Å². The Kier molecular flexibility index (Phi) is 7.23. The molecule has 35 heavy (non-hydrogen) atoms. The van der Waals surface area contributed by atoms with Crippen molar-refractivity contribution < 1.29 is 13.9 Å². The Morgan fingerprint density at radius 3 is 2.49 bits per heavy atom. The number of H-pyrrole nitrogens is 1. The summed E-state index contributed by atoms with van der Waals surface area (Å²) in [5.74, 6) is -0.947. The Bertz CT molecular complexity index is 1450. The zero-order valence-corrected chi connectivity index (χ0v) is 19.7. The number of anilines is 2. The van der Waals surface area contributed by atoms with E-state index in [1.54, 1.807) is 24.3 Å². The molecule has 2 aromatic heterocycles. The molecule has 4 rings (SSSR count). The Balaban J connectivity index is 1.74. The minimum absolute atomic E-state index is 0.0376. The summed E-state index contributed by atoms with van der Waals surface area (Å²) in [6, 6.07) is 18.5. The number of halogens is 1. The molecule has 0 aliphatic carbocycles. The van der Waals surface area contributed by atoms with Crippen LogP contribution in [0.5, 0.6) is 0 Å². The Morgan fingerprint density at radius 2 is 1.80 bits per heavy atom. The van der Waals surface area contributed by atoms with E-state index < -0.39 is 17.2 Å². The van der Waals surface area contributed by atoms with Gasteiger partial charge in [0.05, 0.1) is 18.0 Å². The number of carbonyl (C=O) groups is 1. The summed E-state index contributed by atoms with van der Waals surface area (Å²) >= 11 is 1.20. The van der Waals surface area contributed by atoms with E-state index in [1.807, 2.05) is 30.3 Å². The van der Waals surface area contributed by atoms with E-state index >= 15 is 0 Å². The van der Waals surface area contributed by atoms with E-state index in [9.17, 15) is 18.8 Å². The number of nitrogens with zero attached hydrogens (tertiary/aromatic N) is 2. The highest BCUT2D eigenvalue weighted by Gasteiger charge is 2.26. The van der Waals surface area contributed by atoms with Crippen molar-refractivity contribution in [1.29, 1.82) is 0 Å². The van der Waals surface area contributed by atoms with Crippen molar-refractivity contribution in [1.82, 2.24) is 9.55 Å². The molecule has 3 N–H and O–H groups in total. The van der Waals surface area contributed by atoms with Crippen LogP contribution < -0.4 is 21.9 Å². The molecule has 8 nitrogen and oxygen atoms in total. The Morgan fingerprint density at radius 1 is 1.09 bits per heavy atom. The number of methoxy groups -OCH3 is 1. The minimum Gasteiger partial charge on any atom is -0.383 e. The predicted octanol–water partition coefficient (Wildman–Crippen LogP) is 3.33. The highest BCUT2D eigenvalue weighted by molar-refractivity contribution is 7.17. The standard InChI is InChI=1S/C25H23FN4O4S/c1-34-14-13-29(24(32)20-12-11-19(35-20)17-7-9-18(26)10-8-17)21-22(27)30(25(33)28-23(21)31)15-16-5-3-2-4-6-16/h2-12H,13-15,27H2,1H3,(H,28,31,33). The molecule has 0 radical (unpaired) electrons. The average Bonchev–Trinajstić information content (AvgIpc) is 3.35. The topological polar surface area (TPSA) is 110 Å². The number of nitrogens with one attached hydrogen (secondary N) is 1. The van der Waals surface area contributed by atoms with Crippen LogP contribution >= 0.6 is 11.3 Å². The second-order valence-corrected chi connectivity index (χ2v) is 8.77. The normalized spacial score (nSPS) is 10.9. The van der Waals surface area contributed by atoms with Crippen LogP contribution in [0.25, 0.3) is 10.4 Å². The third-order valence-corrected chi connectivity index (χ3v) is 6.50. The van der Waals surface area contributed by atoms with Gasteiger partial charge in [-0.25, -0.2) is 9.18 Å². The minimum atomic E-state index is -0.767. The van der Waals surface area contributed by atoms with Crippen LogP contribution in [0, 0.1) is 5.82 Å². The summed E-state index contributed by atoms with van der Waals surface area (Å²) in [6.07, 6.45) is 0. The number of aromatic nitrogens is 2. The molecule has 0 saturated carbocycles. The van der Waals surface area contributed by atoms with E-state index in [4.69, 9.17) is 10.5 Å². The molecular formula is C25H23FN4O4S. The molecule has 0 unspecified atom stereocenters. The maximum atomic E-state index is 13.5. The number of nitrogens with two attached hydrogens (primary N) is 1. The molecule has 0 atom stereocenters. The molecular weight excluding hydrogens is 471 g/mol. The predicted molar refractivity (Wildman–Crippen MR) is 135 cm³/mol. The monoisotopic (exact) mass is 494 g/mol. The van der Waals surface area contributed by atoms with Crippen LogP contribution in [0.4, 0.5) is 15.9 Å². The van der Waals surface area contributed by atoms with Crippen LogP contribution in [-0.2, 0) is 11.3 Å². The molecule has 180 valence electrons. The fourth-order valence-corrected chi connectivity index (χ4v) is 4.57. The van der Waals surface area contributed by atoms with Crippen LogP contribution in [0.15, 0.2) is 76.3 Å². The molecule has 10 heteroatoms. The second-order valence-electron chi connectivity index (χ2n) is 7.69. The van der Waals surface area contributed by atoms with Gasteiger partial charge in [0, 0.05) is 18.5 Å². The molecule has 0 bridgehead atoms. The number of ether oxygens (including phenoxy) is 1. The third kappa shape index (κ3) is 5.23. The van der Waals surface area contributed by atoms with E-state index in [-0.39, 0.29) is 37.0 Å². The van der Waals surface area contributed by atoms with Gasteiger partial charge in [-0.3, -0.25) is 24.0 Å². The van der Waals surface area contributed by atoms with Crippen molar-refractivity contribution in [2.75, 3.05) is 30.9 Å². The molecule has 4 aromatic rings. The highest BCUT2D eigenvalue weighted by Crippen LogP contribution is 2.30. The number of benzene rings is 2. The van der Waals surface area contributed by atoms with Gasteiger partial charge in [-0.05, 0) is 35.4 Å². The number of aromatic amines is 1. The van der Waals surface area contributed by atoms with E-state index in [0.717, 1.165) is 16.0 Å². The number of thiophene rings is 1. The summed E-state index contributed by atoms with van der Waals surface area (Å²) in [4.78, 5) is 43.5. The van der Waals surface area contributed by atoms with E-state index in [0.29, 0.717) is 4.88 Å². The smallest absolute Gasteiger partial charge is 0.330 e. The zero-order chi connectivity index (χ0) is 24.9. The van der Waals surface area contributed by atoms with Crippen LogP contribution in [-0.4, -0.2) is 35.7 Å². The third-order valence-electron chi connectivity index (χ3n) is 5.38. The van der Waals surface area contributed by atoms with Gasteiger partial charge in [-0.15, -0.1) is 11.3 Å². The fraction of sp³-hybridized carbons (Fsp3) is 0.160. The molecule has 0 aliphatic heterocycles. The average molecular weight is 495 g/mol. The molecule has 2 heterocycles. The molecule has 0 saturated heterocycles. The van der Waals surface area contributed by atoms with Gasteiger partial charge in [-0.2, -0.15) is 0 Å². The highest BCUT2D eigenvalue weighted by atomic mass is 32.1. The lowest BCUT2D eigenvalue weighted by atomic mass is 10.2. The number of rotatable bonds is 8. The SMILES string of the molecule is COCCN(C(=O)c1ccc(-c2ccc(F)cc2)s1)c1c(N)n(Cc2ccccc2)c(=O)[nH]c1=O. The molecule has 0 aliphatic rings. The first-order valence-electron chi connectivity index (χ1n) is 10.7. The molecule has 2 aromatic carbocycles. The Labute approximate surface area is 204 Å². The van der Waals surface area contributed by atoms with Gasteiger partial charge in [0.2, 0.25) is 0 Å². The maximum absolute atomic E-state index is 13.5. The fourth-order valence-electron chi connectivity index (χ4n) is 3.61. The van der Waals surface area contributed by atoms with Gasteiger partial charge in [0.15, 0.2) is 5.69 Å². The first-order valence-corrected chi connectivity index (χ1v) is 11.5. The van der Waals surface area contributed by atoms with Gasteiger partial charge in [-0.1, -0.05) is 42.5 Å². The second kappa shape index (κ2) is 10.5. The number of carbonyl (C=O) groups excluding carboxylic acids is 1. The summed E-state index contributed by atoms with van der Waals surface area (Å²) < 4.78 is 19.7. The lowest BCUT2D eigenvalue weighted by molar-refractivity contribution is 0.0979. The van der Waals surface area contributed by atoms with Crippen molar-refractivity contribution >= 4 is 28.7 Å². The number of hydrogen-bond donors (Lipinski definition) is 2. The first kappa shape index (κ1) is 24.1. The summed E-state index contributed by atoms with van der Waals surface area (Å²) in [6.45, 7) is 0.296. The largest absolute Gasteiger partial charge is 0.383 e. The van der Waals surface area contributed by atoms with Gasteiger partial charge in [0.1, 0.15) is 11.6 Å². The first-order chi connectivity index (χ1) is 16.9. The van der Waals surface area contributed by atoms with Crippen molar-refractivity contribution in [3.05, 3.63) is 104 Å². The van der Waals surface area contributed by atoms with Crippen molar-refractivity contribution in [3.63, 3.8) is 0 Å². The summed E-state index contributed by atoms with van der Waals surface area (Å²) in [5, 5.41) is 0. The lowest BCUT2D eigenvalue weighted by Crippen LogP contribution is -2.42. The van der Waals surface area contributed by atoms with Gasteiger partial charge < -0.3 is 10.5 Å². The molecule has 0 spiro atoms. The molecule has 0 fully saturated rings. The van der Waals surface area contributed by atoms with E-state index in [2.05, 4.69) is 4.98 Å². The summed E-state index contributed by atoms with van der Waals surface area (Å²) in [5.41, 5.74) is 6.30. The number of nitrogen functional groups attached to an aromatic ring is 1. The lowest BCUT2D eigenvalue weighted by Gasteiger charge is -2.24. The summed E-state index contributed by atoms with van der Waals surface area (Å²) in [7, 11) is 1.48. The van der Waals surface area contributed by atoms with Crippen molar-refractivity contribution in [2.24, 2.45) is 0 Å². The van der Waals surface area contributed by atoms with Crippen LogP contribution in [0.3, 0.4) is 0 Å².